The highest BCUT2D eigenvalue weighted by molar-refractivity contribution is 5.80. The van der Waals surface area contributed by atoms with Gasteiger partial charge in [-0.05, 0) is 19.3 Å². The highest BCUT2D eigenvalue weighted by Gasteiger charge is 2.17. The molecule has 1 aliphatic heterocycles. The first-order chi connectivity index (χ1) is 7.22. The Labute approximate surface area is 92.0 Å². The van der Waals surface area contributed by atoms with Gasteiger partial charge in [-0.1, -0.05) is 0 Å². The molecule has 0 unspecified atom stereocenters. The van der Waals surface area contributed by atoms with Crippen LogP contribution in [0.25, 0.3) is 0 Å². The summed E-state index contributed by atoms with van der Waals surface area (Å²) in [4.78, 5) is 13.7. The van der Waals surface area contributed by atoms with Crippen LogP contribution in [0.15, 0.2) is 0 Å². The number of hydrogen-bond donors (Lipinski definition) is 1. The number of nitrogens with zero attached hydrogens (tertiary/aromatic N) is 1. The van der Waals surface area contributed by atoms with Crippen LogP contribution in [0, 0.1) is 12.3 Å². The molecule has 1 aliphatic rings. The van der Waals surface area contributed by atoms with Gasteiger partial charge in [0.2, 0.25) is 0 Å². The zero-order chi connectivity index (χ0) is 11.1. The van der Waals surface area contributed by atoms with Gasteiger partial charge in [-0.15, -0.1) is 12.3 Å². The average molecular weight is 208 g/mol. The van der Waals surface area contributed by atoms with E-state index in [1.54, 1.807) is 0 Å². The van der Waals surface area contributed by atoms with Gasteiger partial charge in [0.05, 0.1) is 6.54 Å². The van der Waals surface area contributed by atoms with Gasteiger partial charge in [0.15, 0.2) is 0 Å². The summed E-state index contributed by atoms with van der Waals surface area (Å²) in [6, 6.07) is 0.331. The SMILES string of the molecule is C#CCCCC(=O)CN1CCC(N)CC1. The Kier molecular flexibility index (Phi) is 5.38. The van der Waals surface area contributed by atoms with Crippen LogP contribution in [0.5, 0.6) is 0 Å². The minimum atomic E-state index is 0.306. The third-order valence-corrected chi connectivity index (χ3v) is 2.81. The molecule has 0 aromatic carbocycles. The summed E-state index contributed by atoms with van der Waals surface area (Å²) in [6.45, 7) is 2.50. The molecule has 0 spiro atoms. The molecule has 2 N–H and O–H groups in total. The van der Waals surface area contributed by atoms with E-state index in [4.69, 9.17) is 12.2 Å². The number of carbonyl (C=O) groups excluding carboxylic acids is 1. The zero-order valence-electron chi connectivity index (χ0n) is 9.24. The van der Waals surface area contributed by atoms with Crippen LogP contribution in [-0.4, -0.2) is 36.4 Å². The summed E-state index contributed by atoms with van der Waals surface area (Å²) >= 11 is 0. The van der Waals surface area contributed by atoms with Gasteiger partial charge in [0.1, 0.15) is 5.78 Å². The number of rotatable bonds is 5. The van der Waals surface area contributed by atoms with E-state index >= 15 is 0 Å². The summed E-state index contributed by atoms with van der Waals surface area (Å²) < 4.78 is 0. The molecule has 1 heterocycles. The summed E-state index contributed by atoms with van der Waals surface area (Å²) in [6.07, 6.45) is 9.30. The average Bonchev–Trinajstić information content (AvgIpc) is 2.22. The smallest absolute Gasteiger partial charge is 0.146 e. The lowest BCUT2D eigenvalue weighted by Gasteiger charge is -2.29. The van der Waals surface area contributed by atoms with Crippen LogP contribution in [0.1, 0.15) is 32.1 Å². The van der Waals surface area contributed by atoms with Crippen molar-refractivity contribution >= 4 is 5.78 Å². The van der Waals surface area contributed by atoms with Crippen LogP contribution in [0.3, 0.4) is 0 Å². The second-order valence-corrected chi connectivity index (χ2v) is 4.21. The fraction of sp³-hybridized carbons (Fsp3) is 0.750. The Hall–Kier alpha value is -0.850. The van der Waals surface area contributed by atoms with Crippen LogP contribution in [0.4, 0.5) is 0 Å². The van der Waals surface area contributed by atoms with E-state index in [-0.39, 0.29) is 0 Å². The molecule has 15 heavy (non-hydrogen) atoms. The number of unbranched alkanes of at least 4 members (excludes halogenated alkanes) is 1. The highest BCUT2D eigenvalue weighted by Crippen LogP contribution is 2.08. The number of nitrogens with two attached hydrogens (primary N) is 1. The molecule has 1 rings (SSSR count). The third kappa shape index (κ3) is 4.96. The highest BCUT2D eigenvalue weighted by atomic mass is 16.1. The van der Waals surface area contributed by atoms with E-state index in [0.717, 1.165) is 32.4 Å². The number of carbonyl (C=O) groups is 1. The molecule has 0 atom stereocenters. The predicted molar refractivity (Wildman–Crippen MR) is 61.3 cm³/mol. The quantitative estimate of drug-likeness (QED) is 0.536. The van der Waals surface area contributed by atoms with Crippen molar-refractivity contribution in [2.75, 3.05) is 19.6 Å². The minimum Gasteiger partial charge on any atom is -0.328 e. The van der Waals surface area contributed by atoms with Crippen molar-refractivity contribution in [2.24, 2.45) is 5.73 Å². The third-order valence-electron chi connectivity index (χ3n) is 2.81. The first-order valence-electron chi connectivity index (χ1n) is 5.65. The first-order valence-corrected chi connectivity index (χ1v) is 5.65. The van der Waals surface area contributed by atoms with Crippen LogP contribution >= 0.6 is 0 Å². The first kappa shape index (κ1) is 12.2. The second kappa shape index (κ2) is 6.60. The maximum absolute atomic E-state index is 11.5. The van der Waals surface area contributed by atoms with Crippen molar-refractivity contribution < 1.29 is 4.79 Å². The predicted octanol–water partition coefficient (Wildman–Crippen LogP) is 0.782. The van der Waals surface area contributed by atoms with Crippen molar-refractivity contribution in [1.82, 2.24) is 4.90 Å². The van der Waals surface area contributed by atoms with Crippen molar-refractivity contribution in [3.05, 3.63) is 0 Å². The molecular formula is C12H20N2O. The van der Waals surface area contributed by atoms with Crippen molar-refractivity contribution in [3.63, 3.8) is 0 Å². The van der Waals surface area contributed by atoms with E-state index < -0.39 is 0 Å². The van der Waals surface area contributed by atoms with Crippen LogP contribution in [0.2, 0.25) is 0 Å². The normalized spacial score (nSPS) is 18.7. The molecule has 1 saturated heterocycles. The van der Waals surface area contributed by atoms with Gasteiger partial charge in [-0.25, -0.2) is 0 Å². The number of Topliss-reactive ketones (excluding diaryl/α,β-unsaturated/α-hetero) is 1. The second-order valence-electron chi connectivity index (χ2n) is 4.21. The molecule has 1 fully saturated rings. The van der Waals surface area contributed by atoms with E-state index in [0.29, 0.717) is 31.2 Å². The maximum atomic E-state index is 11.5. The zero-order valence-corrected chi connectivity index (χ0v) is 9.24. The monoisotopic (exact) mass is 208 g/mol. The lowest BCUT2D eigenvalue weighted by molar-refractivity contribution is -0.120. The summed E-state index contributed by atoms with van der Waals surface area (Å²) in [5.41, 5.74) is 5.79. The van der Waals surface area contributed by atoms with E-state index in [9.17, 15) is 4.79 Å². The van der Waals surface area contributed by atoms with Crippen molar-refractivity contribution in [2.45, 2.75) is 38.1 Å². The Morgan fingerprint density at radius 3 is 2.73 bits per heavy atom. The number of ketones is 1. The van der Waals surface area contributed by atoms with Gasteiger partial charge in [-0.2, -0.15) is 0 Å². The Bertz CT molecular complexity index is 236. The van der Waals surface area contributed by atoms with Crippen LogP contribution in [-0.2, 0) is 4.79 Å². The van der Waals surface area contributed by atoms with Crippen LogP contribution < -0.4 is 5.73 Å². The maximum Gasteiger partial charge on any atom is 0.146 e. The summed E-state index contributed by atoms with van der Waals surface area (Å²) in [7, 11) is 0. The number of piperidine rings is 1. The molecule has 0 aliphatic carbocycles. The summed E-state index contributed by atoms with van der Waals surface area (Å²) in [5.74, 6) is 2.86. The van der Waals surface area contributed by atoms with E-state index in [1.165, 1.54) is 0 Å². The molecule has 84 valence electrons. The van der Waals surface area contributed by atoms with Crippen molar-refractivity contribution in [1.29, 1.82) is 0 Å². The Balaban J connectivity index is 2.13. The molecular weight excluding hydrogens is 188 g/mol. The molecule has 3 nitrogen and oxygen atoms in total. The summed E-state index contributed by atoms with van der Waals surface area (Å²) in [5, 5.41) is 0. The molecule has 0 bridgehead atoms. The Morgan fingerprint density at radius 1 is 1.47 bits per heavy atom. The fourth-order valence-corrected chi connectivity index (χ4v) is 1.83. The van der Waals surface area contributed by atoms with Gasteiger partial charge in [0.25, 0.3) is 0 Å². The lowest BCUT2D eigenvalue weighted by atomic mass is 10.1. The van der Waals surface area contributed by atoms with E-state index in [1.807, 2.05) is 0 Å². The lowest BCUT2D eigenvalue weighted by Crippen LogP contribution is -2.41. The van der Waals surface area contributed by atoms with Gasteiger partial charge in [-0.3, -0.25) is 9.69 Å². The van der Waals surface area contributed by atoms with Gasteiger partial charge in [0, 0.05) is 32.0 Å². The molecule has 0 saturated carbocycles. The topological polar surface area (TPSA) is 46.3 Å². The standard InChI is InChI=1S/C12H20N2O/c1-2-3-4-5-12(15)10-14-8-6-11(13)7-9-14/h1,11H,3-10,13H2. The molecule has 0 aromatic heterocycles. The molecule has 3 heteroatoms. The van der Waals surface area contributed by atoms with Gasteiger partial charge >= 0.3 is 0 Å². The minimum absolute atomic E-state index is 0.306. The Morgan fingerprint density at radius 2 is 2.13 bits per heavy atom. The number of likely N-dealkylation sites (tertiary alicyclic amines) is 1. The van der Waals surface area contributed by atoms with E-state index in [2.05, 4.69) is 10.8 Å². The van der Waals surface area contributed by atoms with Crippen molar-refractivity contribution in [3.8, 4) is 12.3 Å². The molecule has 0 amide bonds. The molecule has 0 aromatic rings. The fourth-order valence-electron chi connectivity index (χ4n) is 1.83. The number of terminal acetylenes is 1. The number of hydrogen-bond acceptors (Lipinski definition) is 3. The largest absolute Gasteiger partial charge is 0.328 e. The van der Waals surface area contributed by atoms with Gasteiger partial charge < -0.3 is 5.73 Å². The molecule has 0 radical (unpaired) electrons.